The Morgan fingerprint density at radius 2 is 2.00 bits per heavy atom. The molecule has 1 atom stereocenters. The highest BCUT2D eigenvalue weighted by molar-refractivity contribution is 5.86. The molecule has 1 unspecified atom stereocenters. The molecule has 0 saturated carbocycles. The van der Waals surface area contributed by atoms with Crippen LogP contribution in [0.25, 0.3) is 22.2 Å². The van der Waals surface area contributed by atoms with E-state index in [0.717, 1.165) is 49.1 Å². The van der Waals surface area contributed by atoms with Crippen molar-refractivity contribution in [3.05, 3.63) is 53.9 Å². The maximum atomic E-state index is 5.97. The van der Waals surface area contributed by atoms with Gasteiger partial charge in [0, 0.05) is 37.8 Å². The van der Waals surface area contributed by atoms with E-state index in [0.29, 0.717) is 6.04 Å². The zero-order valence-corrected chi connectivity index (χ0v) is 15.5. The van der Waals surface area contributed by atoms with Gasteiger partial charge in [0.1, 0.15) is 5.76 Å². The van der Waals surface area contributed by atoms with Crippen LogP contribution in [-0.2, 0) is 6.54 Å². The molecule has 1 aromatic heterocycles. The molecule has 0 bridgehead atoms. The molecule has 1 saturated heterocycles. The molecule has 0 aliphatic carbocycles. The topological polar surface area (TPSA) is 41.3 Å². The summed E-state index contributed by atoms with van der Waals surface area (Å²) >= 11 is 0. The predicted molar refractivity (Wildman–Crippen MR) is 104 cm³/mol. The van der Waals surface area contributed by atoms with Gasteiger partial charge in [-0.15, -0.1) is 12.4 Å². The lowest BCUT2D eigenvalue weighted by molar-refractivity contribution is 0.163. The van der Waals surface area contributed by atoms with Gasteiger partial charge in [0.05, 0.1) is 5.69 Å². The van der Waals surface area contributed by atoms with Crippen molar-refractivity contribution in [3.63, 3.8) is 0 Å². The van der Waals surface area contributed by atoms with E-state index in [2.05, 4.69) is 59.6 Å². The van der Waals surface area contributed by atoms with Crippen LogP contribution in [0.15, 0.2) is 46.9 Å². The zero-order chi connectivity index (χ0) is 16.5. The van der Waals surface area contributed by atoms with Gasteiger partial charge in [0.25, 0.3) is 0 Å². The van der Waals surface area contributed by atoms with Gasteiger partial charge >= 0.3 is 0 Å². The average Bonchev–Trinajstić information content (AvgIpc) is 2.97. The fourth-order valence-electron chi connectivity index (χ4n) is 3.33. The number of rotatable bonds is 3. The molecule has 0 radical (unpaired) electrons. The van der Waals surface area contributed by atoms with E-state index >= 15 is 0 Å². The third kappa shape index (κ3) is 3.71. The molecule has 1 aliphatic rings. The monoisotopic (exact) mass is 357 g/mol. The molecule has 5 heteroatoms. The second kappa shape index (κ2) is 7.56. The van der Waals surface area contributed by atoms with E-state index in [-0.39, 0.29) is 12.4 Å². The van der Waals surface area contributed by atoms with E-state index in [1.807, 2.05) is 6.92 Å². The molecule has 1 fully saturated rings. The van der Waals surface area contributed by atoms with Crippen LogP contribution >= 0.6 is 12.4 Å². The number of piperazine rings is 1. The van der Waals surface area contributed by atoms with Gasteiger partial charge < -0.3 is 9.73 Å². The van der Waals surface area contributed by atoms with Gasteiger partial charge in [-0.3, -0.25) is 4.90 Å². The largest absolute Gasteiger partial charge is 0.441 e. The summed E-state index contributed by atoms with van der Waals surface area (Å²) in [6, 6.07) is 15.3. The minimum atomic E-state index is 0. The maximum Gasteiger partial charge on any atom is 0.226 e. The third-order valence-electron chi connectivity index (χ3n) is 4.88. The van der Waals surface area contributed by atoms with Crippen LogP contribution in [0.2, 0.25) is 0 Å². The summed E-state index contributed by atoms with van der Waals surface area (Å²) in [6.07, 6.45) is 0. The van der Waals surface area contributed by atoms with E-state index in [9.17, 15) is 0 Å². The molecular formula is C20H24ClN3O. The molecule has 25 heavy (non-hydrogen) atoms. The minimum absolute atomic E-state index is 0. The summed E-state index contributed by atoms with van der Waals surface area (Å²) in [5.74, 6) is 1.64. The van der Waals surface area contributed by atoms with E-state index in [1.54, 1.807) is 0 Å². The van der Waals surface area contributed by atoms with E-state index in [4.69, 9.17) is 9.40 Å². The molecule has 4 nitrogen and oxygen atoms in total. The average molecular weight is 358 g/mol. The SMILES string of the molecule is Cc1oc(-c2ccc3ccccc3c2)nc1CN1CCNCC1C.Cl. The first-order chi connectivity index (χ1) is 11.7. The molecule has 132 valence electrons. The first kappa shape index (κ1) is 17.9. The maximum absolute atomic E-state index is 5.97. The van der Waals surface area contributed by atoms with Crippen molar-refractivity contribution in [1.82, 2.24) is 15.2 Å². The number of nitrogens with one attached hydrogen (secondary N) is 1. The lowest BCUT2D eigenvalue weighted by Gasteiger charge is -2.33. The van der Waals surface area contributed by atoms with Crippen LogP contribution in [0.4, 0.5) is 0 Å². The summed E-state index contributed by atoms with van der Waals surface area (Å²) in [4.78, 5) is 7.25. The first-order valence-corrected chi connectivity index (χ1v) is 8.61. The Morgan fingerprint density at radius 3 is 2.80 bits per heavy atom. The molecule has 0 spiro atoms. The Bertz CT molecular complexity index is 861. The number of aromatic nitrogens is 1. The Morgan fingerprint density at radius 1 is 1.20 bits per heavy atom. The molecule has 2 aromatic carbocycles. The zero-order valence-electron chi connectivity index (χ0n) is 14.7. The van der Waals surface area contributed by atoms with Crippen LogP contribution in [0, 0.1) is 6.92 Å². The number of halogens is 1. The number of hydrogen-bond acceptors (Lipinski definition) is 4. The highest BCUT2D eigenvalue weighted by Crippen LogP contribution is 2.26. The van der Waals surface area contributed by atoms with Crippen molar-refractivity contribution in [2.24, 2.45) is 0 Å². The van der Waals surface area contributed by atoms with Crippen LogP contribution in [0.5, 0.6) is 0 Å². The molecule has 2 heterocycles. The van der Waals surface area contributed by atoms with Gasteiger partial charge in [0.15, 0.2) is 0 Å². The molecule has 1 aliphatic heterocycles. The Labute approximate surface area is 154 Å². The van der Waals surface area contributed by atoms with Crippen molar-refractivity contribution in [3.8, 4) is 11.5 Å². The highest BCUT2D eigenvalue weighted by Gasteiger charge is 2.21. The lowest BCUT2D eigenvalue weighted by atomic mass is 10.1. The fraction of sp³-hybridized carbons (Fsp3) is 0.350. The fourth-order valence-corrected chi connectivity index (χ4v) is 3.33. The number of aryl methyl sites for hydroxylation is 1. The molecule has 1 N–H and O–H groups in total. The van der Waals surface area contributed by atoms with Crippen LogP contribution in [-0.4, -0.2) is 35.6 Å². The van der Waals surface area contributed by atoms with Gasteiger partial charge in [-0.05, 0) is 36.8 Å². The van der Waals surface area contributed by atoms with E-state index in [1.165, 1.54) is 10.8 Å². The number of fused-ring (bicyclic) bond motifs is 1. The first-order valence-electron chi connectivity index (χ1n) is 8.61. The number of benzene rings is 2. The van der Waals surface area contributed by atoms with E-state index < -0.39 is 0 Å². The van der Waals surface area contributed by atoms with Crippen LogP contribution < -0.4 is 5.32 Å². The molecule has 0 amide bonds. The van der Waals surface area contributed by atoms with Gasteiger partial charge in [-0.2, -0.15) is 0 Å². The second-order valence-electron chi connectivity index (χ2n) is 6.61. The number of oxazole rings is 1. The van der Waals surface area contributed by atoms with Gasteiger partial charge in [-0.1, -0.05) is 30.3 Å². The Kier molecular flexibility index (Phi) is 5.42. The quantitative estimate of drug-likeness (QED) is 0.768. The summed E-state index contributed by atoms with van der Waals surface area (Å²) < 4.78 is 5.97. The normalized spacial score (nSPS) is 18.2. The number of nitrogens with zero attached hydrogens (tertiary/aromatic N) is 2. The molecule has 3 aromatic rings. The lowest BCUT2D eigenvalue weighted by Crippen LogP contribution is -2.49. The summed E-state index contributed by atoms with van der Waals surface area (Å²) in [7, 11) is 0. The number of hydrogen-bond donors (Lipinski definition) is 1. The standard InChI is InChI=1S/C20H23N3O.ClH/c1-14-12-21-9-10-23(14)13-19-15(2)24-20(22-19)18-8-7-16-5-3-4-6-17(16)11-18;/h3-8,11,14,21H,9-10,12-13H2,1-2H3;1H. The van der Waals surface area contributed by atoms with Crippen molar-refractivity contribution in [1.29, 1.82) is 0 Å². The summed E-state index contributed by atoms with van der Waals surface area (Å²) in [6.45, 7) is 8.25. The van der Waals surface area contributed by atoms with Crippen molar-refractivity contribution in [2.75, 3.05) is 19.6 Å². The third-order valence-corrected chi connectivity index (χ3v) is 4.88. The van der Waals surface area contributed by atoms with Crippen molar-refractivity contribution < 1.29 is 4.42 Å². The van der Waals surface area contributed by atoms with Crippen molar-refractivity contribution in [2.45, 2.75) is 26.4 Å². The Balaban J connectivity index is 0.00000182. The minimum Gasteiger partial charge on any atom is -0.441 e. The van der Waals surface area contributed by atoms with Crippen LogP contribution in [0.1, 0.15) is 18.4 Å². The molecular weight excluding hydrogens is 334 g/mol. The van der Waals surface area contributed by atoms with Gasteiger partial charge in [-0.25, -0.2) is 4.98 Å². The summed E-state index contributed by atoms with van der Waals surface area (Å²) in [5, 5.41) is 5.87. The summed E-state index contributed by atoms with van der Waals surface area (Å²) in [5.41, 5.74) is 2.09. The molecule has 4 rings (SSSR count). The second-order valence-corrected chi connectivity index (χ2v) is 6.61. The smallest absolute Gasteiger partial charge is 0.226 e. The van der Waals surface area contributed by atoms with Crippen molar-refractivity contribution >= 4 is 23.2 Å². The van der Waals surface area contributed by atoms with Gasteiger partial charge in [0.2, 0.25) is 5.89 Å². The predicted octanol–water partition coefficient (Wildman–Crippen LogP) is 4.02. The highest BCUT2D eigenvalue weighted by atomic mass is 35.5. The Hall–Kier alpha value is -1.88. The van der Waals surface area contributed by atoms with Crippen LogP contribution in [0.3, 0.4) is 0 Å².